The fraction of sp³-hybridized carbons (Fsp3) is 0. The SMILES string of the molecule is Nc1ccc2c(c1)c1ccccc1n2-c1c(-c2ccccc2)cc(-c2nc(-c3ccccc3)nc(-c3cc(-c4ccccc4)cc(-c4ccccc4)c3)n2)cc1-c1ccccc1. The Morgan fingerprint density at radius 2 is 0.677 bits per heavy atom. The number of anilines is 1. The number of benzene rings is 9. The van der Waals surface area contributed by atoms with E-state index in [4.69, 9.17) is 20.7 Å². The van der Waals surface area contributed by atoms with Gasteiger partial charge in [-0.15, -0.1) is 0 Å². The highest BCUT2D eigenvalue weighted by atomic mass is 15.0. The van der Waals surface area contributed by atoms with Crippen molar-refractivity contribution >= 4 is 27.5 Å². The van der Waals surface area contributed by atoms with Crippen LogP contribution in [-0.4, -0.2) is 19.5 Å². The standard InChI is InChI=1S/C57H39N5/c58-47-30-31-53-51(37-47)48-28-16-17-29-52(48)62(53)54-49(40-22-10-3-11-23-40)35-46(36-50(54)41-24-12-4-13-25-41)57-60-55(42-26-14-5-15-27-42)59-56(61-57)45-33-43(38-18-6-1-7-19-38)32-44(34-45)39-20-8-2-9-21-39/h1-37H,58H2. The minimum atomic E-state index is 0.580. The van der Waals surface area contributed by atoms with Gasteiger partial charge in [-0.25, -0.2) is 15.0 Å². The summed E-state index contributed by atoms with van der Waals surface area (Å²) in [4.78, 5) is 15.9. The van der Waals surface area contributed by atoms with Crippen molar-refractivity contribution in [3.8, 4) is 84.4 Å². The van der Waals surface area contributed by atoms with Crippen LogP contribution in [0.25, 0.3) is 106 Å². The third kappa shape index (κ3) is 6.78. The van der Waals surface area contributed by atoms with Crippen LogP contribution in [0, 0.1) is 0 Å². The number of nitrogens with zero attached hydrogens (tertiary/aromatic N) is 4. The Balaban J connectivity index is 1.22. The first kappa shape index (κ1) is 36.7. The second-order valence-electron chi connectivity index (χ2n) is 15.5. The molecule has 11 aromatic rings. The second-order valence-corrected chi connectivity index (χ2v) is 15.5. The Hall–Kier alpha value is -8.41. The van der Waals surface area contributed by atoms with Crippen LogP contribution in [0.3, 0.4) is 0 Å². The van der Waals surface area contributed by atoms with Crippen molar-refractivity contribution in [2.75, 3.05) is 5.73 Å². The lowest BCUT2D eigenvalue weighted by Gasteiger charge is -2.21. The number of rotatable bonds is 8. The number of hydrogen-bond acceptors (Lipinski definition) is 4. The number of fused-ring (bicyclic) bond motifs is 3. The van der Waals surface area contributed by atoms with Crippen molar-refractivity contribution in [3.63, 3.8) is 0 Å². The molecular formula is C57H39N5. The van der Waals surface area contributed by atoms with E-state index in [1.54, 1.807) is 0 Å². The van der Waals surface area contributed by atoms with Gasteiger partial charge < -0.3 is 10.3 Å². The zero-order chi connectivity index (χ0) is 41.4. The summed E-state index contributed by atoms with van der Waals surface area (Å²) in [5, 5.41) is 2.24. The van der Waals surface area contributed by atoms with Crippen molar-refractivity contribution in [2.45, 2.75) is 0 Å². The lowest BCUT2D eigenvalue weighted by atomic mass is 9.92. The van der Waals surface area contributed by atoms with Crippen molar-refractivity contribution in [1.29, 1.82) is 0 Å². The molecule has 0 atom stereocenters. The molecule has 0 unspecified atom stereocenters. The van der Waals surface area contributed by atoms with E-state index in [-0.39, 0.29) is 0 Å². The first-order valence-corrected chi connectivity index (χ1v) is 20.8. The molecule has 2 aromatic heterocycles. The highest BCUT2D eigenvalue weighted by Gasteiger charge is 2.23. The summed E-state index contributed by atoms with van der Waals surface area (Å²) in [7, 11) is 0. The molecule has 292 valence electrons. The van der Waals surface area contributed by atoms with Crippen molar-refractivity contribution < 1.29 is 0 Å². The average Bonchev–Trinajstić information content (AvgIpc) is 3.67. The van der Waals surface area contributed by atoms with Crippen LogP contribution >= 0.6 is 0 Å². The van der Waals surface area contributed by atoms with Gasteiger partial charge in [0.1, 0.15) is 0 Å². The number of para-hydroxylation sites is 1. The average molecular weight is 794 g/mol. The minimum absolute atomic E-state index is 0.580. The molecule has 0 radical (unpaired) electrons. The van der Waals surface area contributed by atoms with E-state index in [1.807, 2.05) is 36.4 Å². The van der Waals surface area contributed by atoms with Crippen LogP contribution in [-0.2, 0) is 0 Å². The third-order valence-electron chi connectivity index (χ3n) is 11.5. The van der Waals surface area contributed by atoms with E-state index in [0.717, 1.165) is 94.4 Å². The predicted octanol–water partition coefficient (Wildman–Crippen LogP) is 14.2. The Bertz CT molecular complexity index is 3260. The Morgan fingerprint density at radius 1 is 0.290 bits per heavy atom. The predicted molar refractivity (Wildman–Crippen MR) is 257 cm³/mol. The van der Waals surface area contributed by atoms with Crippen molar-refractivity contribution in [2.24, 2.45) is 0 Å². The van der Waals surface area contributed by atoms with Gasteiger partial charge in [0.25, 0.3) is 0 Å². The fourth-order valence-corrected chi connectivity index (χ4v) is 8.61. The molecule has 2 heterocycles. The lowest BCUT2D eigenvalue weighted by molar-refractivity contribution is 1.07. The molecule has 0 spiro atoms. The summed E-state index contributed by atoms with van der Waals surface area (Å²) in [6, 6.07) is 78.3. The molecule has 0 saturated heterocycles. The topological polar surface area (TPSA) is 69.6 Å². The third-order valence-corrected chi connectivity index (χ3v) is 11.5. The van der Waals surface area contributed by atoms with Gasteiger partial charge in [0.05, 0.1) is 16.7 Å². The van der Waals surface area contributed by atoms with Gasteiger partial charge in [-0.1, -0.05) is 170 Å². The molecule has 0 aliphatic heterocycles. The quantitative estimate of drug-likeness (QED) is 0.156. The van der Waals surface area contributed by atoms with Crippen LogP contribution in [0.2, 0.25) is 0 Å². The molecule has 5 nitrogen and oxygen atoms in total. The van der Waals surface area contributed by atoms with Crippen LogP contribution in [0.1, 0.15) is 0 Å². The van der Waals surface area contributed by atoms with E-state index >= 15 is 0 Å². The van der Waals surface area contributed by atoms with Gasteiger partial charge in [-0.05, 0) is 88.0 Å². The molecule has 0 fully saturated rings. The highest BCUT2D eigenvalue weighted by molar-refractivity contribution is 6.11. The number of aromatic nitrogens is 4. The number of hydrogen-bond donors (Lipinski definition) is 1. The number of nitrogen functional groups attached to an aromatic ring is 1. The van der Waals surface area contributed by atoms with E-state index in [9.17, 15) is 0 Å². The normalized spacial score (nSPS) is 11.3. The Kier molecular flexibility index (Phi) is 9.25. The summed E-state index contributed by atoms with van der Waals surface area (Å²) >= 11 is 0. The molecule has 0 saturated carbocycles. The van der Waals surface area contributed by atoms with Crippen LogP contribution in [0.4, 0.5) is 5.69 Å². The molecule has 0 aliphatic carbocycles. The smallest absolute Gasteiger partial charge is 0.164 e. The van der Waals surface area contributed by atoms with E-state index in [1.165, 1.54) is 0 Å². The fourth-order valence-electron chi connectivity index (χ4n) is 8.61. The maximum Gasteiger partial charge on any atom is 0.164 e. The van der Waals surface area contributed by atoms with E-state index < -0.39 is 0 Å². The minimum Gasteiger partial charge on any atom is -0.399 e. The van der Waals surface area contributed by atoms with Crippen LogP contribution in [0.15, 0.2) is 224 Å². The molecular weight excluding hydrogens is 755 g/mol. The molecule has 11 rings (SSSR count). The van der Waals surface area contributed by atoms with Gasteiger partial charge in [0, 0.05) is 44.3 Å². The molecule has 0 aliphatic rings. The van der Waals surface area contributed by atoms with E-state index in [2.05, 4.69) is 193 Å². The lowest BCUT2D eigenvalue weighted by Crippen LogP contribution is -2.04. The van der Waals surface area contributed by atoms with Gasteiger partial charge in [-0.2, -0.15) is 0 Å². The van der Waals surface area contributed by atoms with Gasteiger partial charge in [0.15, 0.2) is 17.5 Å². The maximum atomic E-state index is 6.44. The summed E-state index contributed by atoms with van der Waals surface area (Å²) < 4.78 is 2.40. The zero-order valence-electron chi connectivity index (χ0n) is 33.7. The summed E-state index contributed by atoms with van der Waals surface area (Å²) in [5.41, 5.74) is 21.7. The van der Waals surface area contributed by atoms with Gasteiger partial charge >= 0.3 is 0 Å². The molecule has 0 amide bonds. The molecule has 62 heavy (non-hydrogen) atoms. The summed E-state index contributed by atoms with van der Waals surface area (Å²) in [5.74, 6) is 1.77. The second kappa shape index (κ2) is 15.6. The Labute approximate surface area is 360 Å². The van der Waals surface area contributed by atoms with Crippen LogP contribution < -0.4 is 5.73 Å². The molecule has 5 heteroatoms. The van der Waals surface area contributed by atoms with Crippen molar-refractivity contribution in [1.82, 2.24) is 19.5 Å². The summed E-state index contributed by atoms with van der Waals surface area (Å²) in [6.45, 7) is 0. The van der Waals surface area contributed by atoms with Gasteiger partial charge in [-0.3, -0.25) is 0 Å². The van der Waals surface area contributed by atoms with Gasteiger partial charge in [0.2, 0.25) is 0 Å². The van der Waals surface area contributed by atoms with Crippen LogP contribution in [0.5, 0.6) is 0 Å². The molecule has 9 aromatic carbocycles. The largest absolute Gasteiger partial charge is 0.399 e. The van der Waals surface area contributed by atoms with E-state index in [0.29, 0.717) is 17.5 Å². The molecule has 0 bridgehead atoms. The van der Waals surface area contributed by atoms with Crippen molar-refractivity contribution in [3.05, 3.63) is 224 Å². The number of nitrogens with two attached hydrogens (primary N) is 1. The molecule has 2 N–H and O–H groups in total. The highest BCUT2D eigenvalue weighted by Crippen LogP contribution is 2.44. The monoisotopic (exact) mass is 793 g/mol. The first-order valence-electron chi connectivity index (χ1n) is 20.8. The summed E-state index contributed by atoms with van der Waals surface area (Å²) in [6.07, 6.45) is 0. The zero-order valence-corrected chi connectivity index (χ0v) is 33.7. The first-order chi connectivity index (χ1) is 30.6. The maximum absolute atomic E-state index is 6.44. The Morgan fingerprint density at radius 3 is 1.19 bits per heavy atom.